The maximum absolute atomic E-state index is 13.6. The van der Waals surface area contributed by atoms with Gasteiger partial charge in [-0.1, -0.05) is 36.4 Å². The van der Waals surface area contributed by atoms with E-state index in [0.29, 0.717) is 22.5 Å². The normalized spacial score (nSPS) is 26.2. The summed E-state index contributed by atoms with van der Waals surface area (Å²) in [5, 5.41) is 26.9. The van der Waals surface area contributed by atoms with Crippen LogP contribution in [0.2, 0.25) is 0 Å². The molecule has 0 spiro atoms. The van der Waals surface area contributed by atoms with Gasteiger partial charge in [0.05, 0.1) is 36.0 Å². The molecule has 4 N–H and O–H groups in total. The van der Waals surface area contributed by atoms with E-state index in [4.69, 9.17) is 0 Å². The topological polar surface area (TPSA) is 209 Å². The number of hydrogen-bond donors (Lipinski definition) is 4. The standard InChI is InChI=1S/2C25H28N4O4/c2*1-2-6-15-10-11-19-22-21(23(31)27-16-7-5-8-16)17(14-30)20(13-28(19)24(15)32)29(22)25(33)18-9-3-4-12-26-18/h2*2-4,6,9-12,16-17,20-22,30H,5,7-8,13-14H2,1H3,(H,27,31)/b6-2+;6-2-/t2*17-,20-,21+,22+/m11/s1. The van der Waals surface area contributed by atoms with Crippen molar-refractivity contribution in [2.75, 3.05) is 13.2 Å². The highest BCUT2D eigenvalue weighted by Crippen LogP contribution is 2.50. The van der Waals surface area contributed by atoms with Crippen molar-refractivity contribution < 1.29 is 29.4 Å². The SMILES string of the molecule is C/C=C/c1ccc2n(c1=O)C[C@@H]1[C@@H](CO)[C@H](C(=O)NC3CCC3)[C@H]2N1C(=O)c1ccccn1.C/C=C\c1ccc2n(c1=O)C[C@@H]1[C@@H](CO)[C@H](C(=O)NC3CCC3)[C@H]2N1C(=O)c1ccccn1. The lowest BCUT2D eigenvalue weighted by molar-refractivity contribution is -0.129. The molecule has 16 nitrogen and oxygen atoms in total. The maximum atomic E-state index is 13.6. The van der Waals surface area contributed by atoms with Gasteiger partial charge in [-0.2, -0.15) is 0 Å². The highest BCUT2D eigenvalue weighted by Gasteiger charge is 2.59. The van der Waals surface area contributed by atoms with Crippen LogP contribution in [0.15, 0.2) is 94.8 Å². The number of hydrogen-bond acceptors (Lipinski definition) is 10. The van der Waals surface area contributed by atoms with E-state index in [9.17, 15) is 39.0 Å². The van der Waals surface area contributed by atoms with E-state index in [1.807, 2.05) is 38.1 Å². The summed E-state index contributed by atoms with van der Waals surface area (Å²) in [5.74, 6) is -3.16. The van der Waals surface area contributed by atoms with Crippen LogP contribution in [0.1, 0.15) is 108 Å². The molecule has 6 aliphatic rings. The number of amides is 4. The molecule has 4 fully saturated rings. The summed E-state index contributed by atoms with van der Waals surface area (Å²) in [5.41, 5.74) is 2.63. The first-order valence-corrected chi connectivity index (χ1v) is 23.1. The summed E-state index contributed by atoms with van der Waals surface area (Å²) in [6.07, 6.45) is 16.2. The van der Waals surface area contributed by atoms with Crippen LogP contribution in [-0.4, -0.2) is 100 Å². The maximum Gasteiger partial charge on any atom is 0.273 e. The number of rotatable bonds is 10. The molecule has 0 radical (unpaired) electrons. The summed E-state index contributed by atoms with van der Waals surface area (Å²) in [4.78, 5) is 92.3. The Hall–Kier alpha value is -6.52. The van der Waals surface area contributed by atoms with Crippen LogP contribution < -0.4 is 21.8 Å². The van der Waals surface area contributed by atoms with Gasteiger partial charge in [0.15, 0.2) is 0 Å². The van der Waals surface area contributed by atoms with Gasteiger partial charge in [0, 0.05) is 85.1 Å². The van der Waals surface area contributed by atoms with Crippen molar-refractivity contribution in [1.82, 2.24) is 39.5 Å². The molecule has 2 saturated heterocycles. The third kappa shape index (κ3) is 7.78. The van der Waals surface area contributed by atoms with Crippen LogP contribution in [0.5, 0.6) is 0 Å². The van der Waals surface area contributed by atoms with E-state index >= 15 is 0 Å². The summed E-state index contributed by atoms with van der Waals surface area (Å²) in [6.45, 7) is 3.66. The number of fused-ring (bicyclic) bond motifs is 8. The zero-order valence-electron chi connectivity index (χ0n) is 37.1. The third-order valence-corrected chi connectivity index (χ3v) is 14.6. The zero-order chi connectivity index (χ0) is 46.2. The fraction of sp³-hybridized carbons (Fsp3) is 0.440. The third-order valence-electron chi connectivity index (χ3n) is 14.6. The van der Waals surface area contributed by atoms with Crippen molar-refractivity contribution >= 4 is 35.8 Å². The van der Waals surface area contributed by atoms with E-state index in [0.717, 1.165) is 38.5 Å². The van der Waals surface area contributed by atoms with Crippen LogP contribution in [-0.2, 0) is 22.7 Å². The van der Waals surface area contributed by atoms with Gasteiger partial charge >= 0.3 is 0 Å². The minimum absolute atomic E-state index is 0.136. The molecular weight excluding hydrogens is 841 g/mol. The fourth-order valence-corrected chi connectivity index (χ4v) is 11.0. The van der Waals surface area contributed by atoms with Gasteiger partial charge in [0.25, 0.3) is 22.9 Å². The highest BCUT2D eigenvalue weighted by atomic mass is 16.3. The van der Waals surface area contributed by atoms with Gasteiger partial charge in [-0.3, -0.25) is 38.7 Å². The molecule has 66 heavy (non-hydrogen) atoms. The lowest BCUT2D eigenvalue weighted by Crippen LogP contribution is -2.49. The number of pyridine rings is 4. The number of carbonyl (C=O) groups is 4. The van der Waals surface area contributed by atoms with Crippen molar-refractivity contribution in [3.05, 3.63) is 140 Å². The predicted molar refractivity (Wildman–Crippen MR) is 244 cm³/mol. The molecule has 4 aliphatic heterocycles. The van der Waals surface area contributed by atoms with Gasteiger partial charge in [-0.25, -0.2) is 0 Å². The number of aromatic nitrogens is 4. The molecule has 4 aromatic heterocycles. The molecule has 4 bridgehead atoms. The van der Waals surface area contributed by atoms with Crippen molar-refractivity contribution in [1.29, 1.82) is 0 Å². The van der Waals surface area contributed by atoms with Gasteiger partial charge in [0.1, 0.15) is 11.4 Å². The molecule has 16 heteroatoms. The molecule has 0 aromatic carbocycles. The summed E-state index contributed by atoms with van der Waals surface area (Å²) >= 11 is 0. The Morgan fingerprint density at radius 1 is 0.621 bits per heavy atom. The second-order valence-corrected chi connectivity index (χ2v) is 18.2. The minimum atomic E-state index is -0.650. The Labute approximate surface area is 382 Å². The molecule has 4 amide bonds. The van der Waals surface area contributed by atoms with Crippen LogP contribution in [0.25, 0.3) is 12.2 Å². The van der Waals surface area contributed by atoms with Gasteiger partial charge in [-0.05, 0) is 101 Å². The molecular formula is C50H56N8O8. The van der Waals surface area contributed by atoms with Gasteiger partial charge in [0.2, 0.25) is 11.8 Å². The van der Waals surface area contributed by atoms with Crippen LogP contribution >= 0.6 is 0 Å². The Bertz CT molecular complexity index is 2490. The van der Waals surface area contributed by atoms with E-state index in [-0.39, 0.29) is 84.5 Å². The van der Waals surface area contributed by atoms with E-state index in [2.05, 4.69) is 20.6 Å². The van der Waals surface area contributed by atoms with Crippen LogP contribution in [0.3, 0.4) is 0 Å². The Morgan fingerprint density at radius 2 is 1.03 bits per heavy atom. The average molecular weight is 897 g/mol. The Kier molecular flexibility index (Phi) is 12.7. The summed E-state index contributed by atoms with van der Waals surface area (Å²) in [6, 6.07) is 15.4. The number of nitrogens with zero attached hydrogens (tertiary/aromatic N) is 6. The van der Waals surface area contributed by atoms with E-state index in [1.165, 1.54) is 0 Å². The first-order chi connectivity index (χ1) is 32.1. The Morgan fingerprint density at radius 3 is 1.35 bits per heavy atom. The second-order valence-electron chi connectivity index (χ2n) is 18.2. The quantitative estimate of drug-likeness (QED) is 0.182. The van der Waals surface area contributed by atoms with Crippen LogP contribution in [0.4, 0.5) is 0 Å². The largest absolute Gasteiger partial charge is 0.396 e. The summed E-state index contributed by atoms with van der Waals surface area (Å²) in [7, 11) is 0. The number of carbonyl (C=O) groups excluding carboxylic acids is 4. The van der Waals surface area contributed by atoms with Crippen molar-refractivity contribution in [3.63, 3.8) is 0 Å². The number of nitrogens with one attached hydrogen (secondary N) is 2. The molecule has 2 aliphatic carbocycles. The van der Waals surface area contributed by atoms with Gasteiger partial charge < -0.3 is 39.8 Å². The average Bonchev–Trinajstić information content (AvgIpc) is 3.70. The highest BCUT2D eigenvalue weighted by molar-refractivity contribution is 5.95. The molecule has 8 atom stereocenters. The van der Waals surface area contributed by atoms with Crippen molar-refractivity contribution in [2.45, 2.75) is 102 Å². The number of aliphatic hydroxyl groups excluding tert-OH is 2. The Balaban J connectivity index is 0.000000166. The first kappa shape index (κ1) is 44.7. The fourth-order valence-electron chi connectivity index (χ4n) is 11.0. The minimum Gasteiger partial charge on any atom is -0.396 e. The smallest absolute Gasteiger partial charge is 0.273 e. The predicted octanol–water partition coefficient (Wildman–Crippen LogP) is 3.50. The van der Waals surface area contributed by atoms with Crippen LogP contribution in [0, 0.1) is 23.7 Å². The van der Waals surface area contributed by atoms with Crippen molar-refractivity contribution in [3.8, 4) is 0 Å². The molecule has 0 unspecified atom stereocenters. The molecule has 344 valence electrons. The monoisotopic (exact) mass is 896 g/mol. The lowest BCUT2D eigenvalue weighted by Gasteiger charge is -2.38. The first-order valence-electron chi connectivity index (χ1n) is 23.1. The molecule has 2 saturated carbocycles. The zero-order valence-corrected chi connectivity index (χ0v) is 37.1. The molecule has 4 aromatic rings. The van der Waals surface area contributed by atoms with Gasteiger partial charge in [-0.15, -0.1) is 0 Å². The van der Waals surface area contributed by atoms with E-state index < -0.39 is 47.8 Å². The van der Waals surface area contributed by atoms with E-state index in [1.54, 1.807) is 92.0 Å². The number of allylic oxidation sites excluding steroid dienone is 2. The van der Waals surface area contributed by atoms with Crippen molar-refractivity contribution in [2.24, 2.45) is 23.7 Å². The number of aliphatic hydroxyl groups is 2. The second kappa shape index (κ2) is 18.8. The molecule has 8 heterocycles. The molecule has 10 rings (SSSR count). The summed E-state index contributed by atoms with van der Waals surface area (Å²) < 4.78 is 3.35. The lowest BCUT2D eigenvalue weighted by atomic mass is 9.85.